The van der Waals surface area contributed by atoms with Crippen molar-refractivity contribution in [1.29, 1.82) is 0 Å². The van der Waals surface area contributed by atoms with E-state index in [1.54, 1.807) is 0 Å². The van der Waals surface area contributed by atoms with Gasteiger partial charge < -0.3 is 0 Å². The summed E-state index contributed by atoms with van der Waals surface area (Å²) in [5.41, 5.74) is 8.11. The molecule has 0 saturated carbocycles. The Labute approximate surface area is 139 Å². The second-order valence-corrected chi connectivity index (χ2v) is 7.20. The summed E-state index contributed by atoms with van der Waals surface area (Å²) >= 11 is 0. The molecule has 3 rings (SSSR count). The van der Waals surface area contributed by atoms with E-state index in [0.29, 0.717) is 0 Å². The van der Waals surface area contributed by atoms with Crippen molar-refractivity contribution >= 4 is 5.57 Å². The van der Waals surface area contributed by atoms with E-state index >= 15 is 0 Å². The molecule has 2 aromatic carbocycles. The van der Waals surface area contributed by atoms with Crippen LogP contribution in [0.25, 0.3) is 5.57 Å². The van der Waals surface area contributed by atoms with Crippen LogP contribution in [0.5, 0.6) is 0 Å². The standard InChI is InChI=1S/C23H24/c1-17-15-20(23(2,3)4)16-21(17)22(18-11-7-5-8-12-18)19-13-9-6-10-14-19/h5-16H,1-4H3. The highest BCUT2D eigenvalue weighted by atomic mass is 14.3. The molecule has 0 N–H and O–H groups in total. The van der Waals surface area contributed by atoms with Crippen molar-refractivity contribution in [2.24, 2.45) is 5.41 Å². The summed E-state index contributed by atoms with van der Waals surface area (Å²) in [5.74, 6) is 0. The normalized spacial score (nSPS) is 14.5. The lowest BCUT2D eigenvalue weighted by atomic mass is 9.87. The van der Waals surface area contributed by atoms with E-state index in [1.807, 2.05) is 0 Å². The van der Waals surface area contributed by atoms with Gasteiger partial charge in [0.25, 0.3) is 0 Å². The SMILES string of the molecule is CC1=CC(C(C)(C)C)=CC1=C(c1ccccc1)c1ccccc1. The summed E-state index contributed by atoms with van der Waals surface area (Å²) < 4.78 is 0. The average molecular weight is 300 g/mol. The summed E-state index contributed by atoms with van der Waals surface area (Å²) in [4.78, 5) is 0. The van der Waals surface area contributed by atoms with E-state index in [0.717, 1.165) is 0 Å². The third-order valence-electron chi connectivity index (χ3n) is 4.36. The minimum atomic E-state index is 0.168. The van der Waals surface area contributed by atoms with Crippen LogP contribution in [0.1, 0.15) is 38.8 Å². The van der Waals surface area contributed by atoms with Gasteiger partial charge in [-0.1, -0.05) is 93.6 Å². The molecule has 0 saturated heterocycles. The molecule has 0 atom stereocenters. The molecule has 2 aromatic rings. The zero-order valence-corrected chi connectivity index (χ0v) is 14.4. The third-order valence-corrected chi connectivity index (χ3v) is 4.36. The van der Waals surface area contributed by atoms with Gasteiger partial charge in [0, 0.05) is 0 Å². The van der Waals surface area contributed by atoms with Gasteiger partial charge in [0.05, 0.1) is 0 Å². The number of benzene rings is 2. The second-order valence-electron chi connectivity index (χ2n) is 7.20. The summed E-state index contributed by atoms with van der Waals surface area (Å²) in [6.45, 7) is 9.04. The first-order valence-electron chi connectivity index (χ1n) is 8.23. The third kappa shape index (κ3) is 3.22. The molecule has 1 aliphatic carbocycles. The second kappa shape index (κ2) is 6.04. The van der Waals surface area contributed by atoms with E-state index in [2.05, 4.69) is 101 Å². The van der Waals surface area contributed by atoms with Gasteiger partial charge in [-0.2, -0.15) is 0 Å². The van der Waals surface area contributed by atoms with Crippen molar-refractivity contribution in [2.75, 3.05) is 0 Å². The van der Waals surface area contributed by atoms with Crippen LogP contribution in [0.4, 0.5) is 0 Å². The Morgan fingerprint density at radius 2 is 1.17 bits per heavy atom. The number of rotatable bonds is 2. The van der Waals surface area contributed by atoms with Crippen LogP contribution < -0.4 is 0 Å². The maximum absolute atomic E-state index is 2.37. The van der Waals surface area contributed by atoms with E-state index in [1.165, 1.54) is 33.4 Å². The van der Waals surface area contributed by atoms with Gasteiger partial charge in [0.2, 0.25) is 0 Å². The zero-order valence-electron chi connectivity index (χ0n) is 14.4. The van der Waals surface area contributed by atoms with Crippen LogP contribution >= 0.6 is 0 Å². The molecule has 0 unspecified atom stereocenters. The fourth-order valence-electron chi connectivity index (χ4n) is 3.01. The molecular weight excluding hydrogens is 276 g/mol. The Hall–Kier alpha value is -2.34. The molecule has 0 aliphatic heterocycles. The van der Waals surface area contributed by atoms with Crippen LogP contribution in [0.2, 0.25) is 0 Å². The first kappa shape index (κ1) is 15.6. The van der Waals surface area contributed by atoms with Crippen LogP contribution in [-0.2, 0) is 0 Å². The van der Waals surface area contributed by atoms with Gasteiger partial charge in [-0.25, -0.2) is 0 Å². The molecule has 0 spiro atoms. The van der Waals surface area contributed by atoms with Crippen molar-refractivity contribution in [3.05, 3.63) is 101 Å². The van der Waals surface area contributed by atoms with E-state index in [4.69, 9.17) is 0 Å². The maximum Gasteiger partial charge on any atom is -0.00361 e. The highest BCUT2D eigenvalue weighted by Crippen LogP contribution is 2.40. The van der Waals surface area contributed by atoms with Gasteiger partial charge in [-0.05, 0) is 45.8 Å². The highest BCUT2D eigenvalue weighted by Gasteiger charge is 2.23. The van der Waals surface area contributed by atoms with E-state index < -0.39 is 0 Å². The predicted octanol–water partition coefficient (Wildman–Crippen LogP) is 6.42. The van der Waals surface area contributed by atoms with Gasteiger partial charge in [-0.15, -0.1) is 0 Å². The van der Waals surface area contributed by atoms with Gasteiger partial charge in [0.1, 0.15) is 0 Å². The Balaban J connectivity index is 2.25. The van der Waals surface area contributed by atoms with E-state index in [-0.39, 0.29) is 5.41 Å². The lowest BCUT2D eigenvalue weighted by Gasteiger charge is -2.18. The Morgan fingerprint density at radius 3 is 1.57 bits per heavy atom. The first-order chi connectivity index (χ1) is 11.0. The van der Waals surface area contributed by atoms with Crippen LogP contribution in [0, 0.1) is 5.41 Å². The topological polar surface area (TPSA) is 0 Å². The number of hydrogen-bond acceptors (Lipinski definition) is 0. The van der Waals surface area contributed by atoms with Crippen molar-refractivity contribution in [3.8, 4) is 0 Å². The minimum Gasteiger partial charge on any atom is -0.0622 e. The average Bonchev–Trinajstić information content (AvgIpc) is 2.92. The molecule has 0 radical (unpaired) electrons. The molecule has 0 bridgehead atoms. The lowest BCUT2D eigenvalue weighted by Crippen LogP contribution is -2.05. The van der Waals surface area contributed by atoms with Crippen LogP contribution in [0.3, 0.4) is 0 Å². The Kier molecular flexibility index (Phi) is 4.09. The Bertz CT molecular complexity index is 737. The van der Waals surface area contributed by atoms with E-state index in [9.17, 15) is 0 Å². The molecule has 0 aromatic heterocycles. The molecule has 0 heterocycles. The first-order valence-corrected chi connectivity index (χ1v) is 8.23. The molecular formula is C23H24. The fourth-order valence-corrected chi connectivity index (χ4v) is 3.01. The van der Waals surface area contributed by atoms with Crippen molar-refractivity contribution in [1.82, 2.24) is 0 Å². The minimum absolute atomic E-state index is 0.168. The largest absolute Gasteiger partial charge is 0.0622 e. The van der Waals surface area contributed by atoms with Crippen LogP contribution in [-0.4, -0.2) is 0 Å². The molecule has 0 amide bonds. The van der Waals surface area contributed by atoms with Crippen LogP contribution in [0.15, 0.2) is 89.5 Å². The molecule has 1 aliphatic rings. The quantitative estimate of drug-likeness (QED) is 0.600. The smallest absolute Gasteiger partial charge is 0.00361 e. The molecule has 0 heteroatoms. The van der Waals surface area contributed by atoms with Gasteiger partial charge in [0.15, 0.2) is 0 Å². The molecule has 0 fully saturated rings. The fraction of sp³-hybridized carbons (Fsp3) is 0.217. The zero-order chi connectivity index (χ0) is 16.4. The molecule has 116 valence electrons. The summed E-state index contributed by atoms with van der Waals surface area (Å²) in [7, 11) is 0. The highest BCUT2D eigenvalue weighted by molar-refractivity contribution is 5.87. The number of hydrogen-bond donors (Lipinski definition) is 0. The van der Waals surface area contributed by atoms with Gasteiger partial charge in [-0.3, -0.25) is 0 Å². The number of allylic oxidation sites excluding steroid dienone is 5. The maximum atomic E-state index is 2.37. The summed E-state index contributed by atoms with van der Waals surface area (Å²) in [6, 6.07) is 21.4. The van der Waals surface area contributed by atoms with Crippen molar-refractivity contribution in [3.63, 3.8) is 0 Å². The summed E-state index contributed by atoms with van der Waals surface area (Å²) in [5, 5.41) is 0. The molecule has 0 nitrogen and oxygen atoms in total. The van der Waals surface area contributed by atoms with Crippen molar-refractivity contribution < 1.29 is 0 Å². The predicted molar refractivity (Wildman–Crippen MR) is 100 cm³/mol. The lowest BCUT2D eigenvalue weighted by molar-refractivity contribution is 0.518. The van der Waals surface area contributed by atoms with Gasteiger partial charge >= 0.3 is 0 Å². The summed E-state index contributed by atoms with van der Waals surface area (Å²) in [6.07, 6.45) is 4.70. The van der Waals surface area contributed by atoms with Crippen molar-refractivity contribution in [2.45, 2.75) is 27.7 Å². The molecule has 23 heavy (non-hydrogen) atoms. The Morgan fingerprint density at radius 1 is 0.696 bits per heavy atom. The monoisotopic (exact) mass is 300 g/mol.